The molecule has 2 saturated heterocycles. The van der Waals surface area contributed by atoms with Gasteiger partial charge in [-0.05, 0) is 38.1 Å². The Morgan fingerprint density at radius 3 is 2.71 bits per heavy atom. The van der Waals surface area contributed by atoms with Crippen molar-refractivity contribution in [1.29, 1.82) is 0 Å². The van der Waals surface area contributed by atoms with Crippen molar-refractivity contribution in [1.82, 2.24) is 10.2 Å². The van der Waals surface area contributed by atoms with Gasteiger partial charge < -0.3 is 10.1 Å². The molecule has 1 N–H and O–H groups in total. The molecule has 0 aromatic heterocycles. The molecule has 2 unspecified atom stereocenters. The van der Waals surface area contributed by atoms with Crippen LogP contribution < -0.4 is 5.32 Å². The van der Waals surface area contributed by atoms with Crippen molar-refractivity contribution in [3.05, 3.63) is 0 Å². The summed E-state index contributed by atoms with van der Waals surface area (Å²) in [6.45, 7) is 2.79. The standard InChI is InChI=1S/C13H22N2O2/c16-13-15(11-5-1-2-6-11)12(9-17-13)10-4-3-7-14-8-10/h10-12,14H,1-9H2. The third kappa shape index (κ3) is 2.15. The highest BCUT2D eigenvalue weighted by molar-refractivity contribution is 5.70. The molecule has 4 nitrogen and oxygen atoms in total. The van der Waals surface area contributed by atoms with E-state index in [1.165, 1.54) is 38.5 Å². The summed E-state index contributed by atoms with van der Waals surface area (Å²) in [7, 11) is 0. The minimum atomic E-state index is -0.0625. The Kier molecular flexibility index (Phi) is 3.23. The normalized spacial score (nSPS) is 35.3. The van der Waals surface area contributed by atoms with E-state index in [1.54, 1.807) is 0 Å². The Morgan fingerprint density at radius 1 is 1.18 bits per heavy atom. The zero-order valence-electron chi connectivity index (χ0n) is 10.4. The minimum absolute atomic E-state index is 0.0625. The van der Waals surface area contributed by atoms with Crippen LogP contribution in [0.15, 0.2) is 0 Å². The van der Waals surface area contributed by atoms with Gasteiger partial charge in [-0.2, -0.15) is 0 Å². The first-order chi connectivity index (χ1) is 8.36. The van der Waals surface area contributed by atoms with Gasteiger partial charge in [-0.15, -0.1) is 0 Å². The fourth-order valence-electron chi connectivity index (χ4n) is 3.62. The third-order valence-corrected chi connectivity index (χ3v) is 4.54. The Labute approximate surface area is 103 Å². The number of rotatable bonds is 2. The van der Waals surface area contributed by atoms with E-state index in [4.69, 9.17) is 4.74 Å². The number of ether oxygens (including phenoxy) is 1. The van der Waals surface area contributed by atoms with E-state index in [0.29, 0.717) is 24.6 Å². The summed E-state index contributed by atoms with van der Waals surface area (Å²) >= 11 is 0. The van der Waals surface area contributed by atoms with Crippen molar-refractivity contribution >= 4 is 6.09 Å². The second-order valence-electron chi connectivity index (χ2n) is 5.60. The van der Waals surface area contributed by atoms with Crippen LogP contribution in [0.3, 0.4) is 0 Å². The van der Waals surface area contributed by atoms with Crippen LogP contribution >= 0.6 is 0 Å². The molecule has 2 atom stereocenters. The van der Waals surface area contributed by atoms with Gasteiger partial charge in [-0.25, -0.2) is 4.79 Å². The fourth-order valence-corrected chi connectivity index (χ4v) is 3.62. The Hall–Kier alpha value is -0.770. The van der Waals surface area contributed by atoms with Gasteiger partial charge in [0, 0.05) is 12.6 Å². The van der Waals surface area contributed by atoms with E-state index < -0.39 is 0 Å². The Bertz CT molecular complexity index is 283. The second-order valence-corrected chi connectivity index (χ2v) is 5.60. The fraction of sp³-hybridized carbons (Fsp3) is 0.923. The van der Waals surface area contributed by atoms with Crippen molar-refractivity contribution in [2.75, 3.05) is 19.7 Å². The molecular weight excluding hydrogens is 216 g/mol. The zero-order valence-corrected chi connectivity index (χ0v) is 10.4. The molecule has 1 saturated carbocycles. The molecule has 3 rings (SSSR count). The summed E-state index contributed by atoms with van der Waals surface area (Å²) in [5.74, 6) is 0.593. The van der Waals surface area contributed by atoms with E-state index in [-0.39, 0.29) is 6.09 Å². The molecule has 3 aliphatic rings. The lowest BCUT2D eigenvalue weighted by Crippen LogP contribution is -2.48. The van der Waals surface area contributed by atoms with Gasteiger partial charge in [0.1, 0.15) is 6.61 Å². The van der Waals surface area contributed by atoms with Gasteiger partial charge in [0.2, 0.25) is 0 Å². The number of piperidine rings is 1. The second kappa shape index (κ2) is 4.84. The number of carbonyl (C=O) groups is 1. The lowest BCUT2D eigenvalue weighted by atomic mass is 9.91. The number of amides is 1. The minimum Gasteiger partial charge on any atom is -0.447 e. The number of hydrogen-bond donors (Lipinski definition) is 1. The maximum Gasteiger partial charge on any atom is 0.410 e. The average molecular weight is 238 g/mol. The molecule has 96 valence electrons. The predicted molar refractivity (Wildman–Crippen MR) is 64.8 cm³/mol. The van der Waals surface area contributed by atoms with Crippen LogP contribution in [0.25, 0.3) is 0 Å². The SMILES string of the molecule is O=C1OCC(C2CCCNC2)N1C1CCCC1. The molecule has 2 heterocycles. The topological polar surface area (TPSA) is 41.6 Å². The lowest BCUT2D eigenvalue weighted by Gasteiger charge is -2.35. The van der Waals surface area contributed by atoms with E-state index in [2.05, 4.69) is 10.2 Å². The highest BCUT2D eigenvalue weighted by Crippen LogP contribution is 2.32. The summed E-state index contributed by atoms with van der Waals surface area (Å²) in [5.41, 5.74) is 0. The smallest absolute Gasteiger partial charge is 0.410 e. The average Bonchev–Trinajstić information content (AvgIpc) is 2.99. The number of nitrogens with zero attached hydrogens (tertiary/aromatic N) is 1. The van der Waals surface area contributed by atoms with Crippen LogP contribution in [0.2, 0.25) is 0 Å². The summed E-state index contributed by atoms with van der Waals surface area (Å²) in [6, 6.07) is 0.787. The van der Waals surface area contributed by atoms with Gasteiger partial charge >= 0.3 is 6.09 Å². The summed E-state index contributed by atoms with van der Waals surface area (Å²) in [6.07, 6.45) is 7.28. The molecule has 0 aromatic rings. The van der Waals surface area contributed by atoms with Crippen LogP contribution in [-0.4, -0.2) is 42.8 Å². The monoisotopic (exact) mass is 238 g/mol. The molecule has 3 fully saturated rings. The molecule has 0 radical (unpaired) electrons. The quantitative estimate of drug-likeness (QED) is 0.797. The molecule has 2 aliphatic heterocycles. The molecule has 1 amide bonds. The maximum absolute atomic E-state index is 11.9. The van der Waals surface area contributed by atoms with Crippen LogP contribution in [-0.2, 0) is 4.74 Å². The van der Waals surface area contributed by atoms with Crippen molar-refractivity contribution in [2.45, 2.75) is 50.6 Å². The van der Waals surface area contributed by atoms with E-state index in [9.17, 15) is 4.79 Å². The Morgan fingerprint density at radius 2 is 2.00 bits per heavy atom. The van der Waals surface area contributed by atoms with E-state index >= 15 is 0 Å². The van der Waals surface area contributed by atoms with E-state index in [1.807, 2.05) is 0 Å². The van der Waals surface area contributed by atoms with Crippen LogP contribution in [0.4, 0.5) is 4.79 Å². The molecule has 4 heteroatoms. The highest BCUT2D eigenvalue weighted by atomic mass is 16.6. The van der Waals surface area contributed by atoms with Crippen LogP contribution in [0, 0.1) is 5.92 Å². The van der Waals surface area contributed by atoms with Gasteiger partial charge in [0.05, 0.1) is 6.04 Å². The number of cyclic esters (lactones) is 1. The highest BCUT2D eigenvalue weighted by Gasteiger charge is 2.42. The third-order valence-electron chi connectivity index (χ3n) is 4.54. The van der Waals surface area contributed by atoms with Gasteiger partial charge in [0.25, 0.3) is 0 Å². The first-order valence-corrected chi connectivity index (χ1v) is 7.02. The molecule has 0 spiro atoms. The Balaban J connectivity index is 1.71. The molecule has 17 heavy (non-hydrogen) atoms. The molecule has 0 aromatic carbocycles. The van der Waals surface area contributed by atoms with Gasteiger partial charge in [0.15, 0.2) is 0 Å². The zero-order chi connectivity index (χ0) is 11.7. The van der Waals surface area contributed by atoms with Crippen molar-refractivity contribution < 1.29 is 9.53 Å². The van der Waals surface area contributed by atoms with Crippen molar-refractivity contribution in [2.24, 2.45) is 5.92 Å². The predicted octanol–water partition coefficient (Wildman–Crippen LogP) is 1.75. The molecule has 1 aliphatic carbocycles. The molecule has 0 bridgehead atoms. The summed E-state index contributed by atoms with van der Waals surface area (Å²) in [5, 5.41) is 3.44. The summed E-state index contributed by atoms with van der Waals surface area (Å²) < 4.78 is 5.30. The molecular formula is C13H22N2O2. The van der Waals surface area contributed by atoms with Gasteiger partial charge in [-0.3, -0.25) is 4.90 Å². The summed E-state index contributed by atoms with van der Waals surface area (Å²) in [4.78, 5) is 14.0. The first-order valence-electron chi connectivity index (χ1n) is 7.02. The lowest BCUT2D eigenvalue weighted by molar-refractivity contribution is 0.132. The number of hydrogen-bond acceptors (Lipinski definition) is 3. The number of carbonyl (C=O) groups excluding carboxylic acids is 1. The van der Waals surface area contributed by atoms with Crippen molar-refractivity contribution in [3.8, 4) is 0 Å². The van der Waals surface area contributed by atoms with Crippen molar-refractivity contribution in [3.63, 3.8) is 0 Å². The largest absolute Gasteiger partial charge is 0.447 e. The first kappa shape index (κ1) is 11.3. The van der Waals surface area contributed by atoms with Crippen LogP contribution in [0.5, 0.6) is 0 Å². The van der Waals surface area contributed by atoms with Gasteiger partial charge in [-0.1, -0.05) is 12.8 Å². The van der Waals surface area contributed by atoms with Crippen LogP contribution in [0.1, 0.15) is 38.5 Å². The van der Waals surface area contributed by atoms with E-state index in [0.717, 1.165) is 13.1 Å². The number of nitrogens with one attached hydrogen (secondary N) is 1. The maximum atomic E-state index is 11.9.